The molecular weight excluding hydrogens is 194 g/mol. The first-order valence-electron chi connectivity index (χ1n) is 4.84. The Morgan fingerprint density at radius 3 is 2.53 bits per heavy atom. The van der Waals surface area contributed by atoms with Crippen LogP contribution in [0.4, 0.5) is 5.69 Å². The lowest BCUT2D eigenvalue weighted by Gasteiger charge is -2.14. The highest BCUT2D eigenvalue weighted by atomic mass is 16.5. The number of aliphatic hydroxyl groups is 1. The van der Waals surface area contributed by atoms with Gasteiger partial charge in [-0.15, -0.1) is 0 Å². The van der Waals surface area contributed by atoms with E-state index in [0.717, 1.165) is 11.3 Å². The molecule has 0 aliphatic heterocycles. The maximum absolute atomic E-state index is 8.81. The normalized spacial score (nSPS) is 10.1. The van der Waals surface area contributed by atoms with Crippen LogP contribution in [-0.2, 0) is 6.42 Å². The smallest absolute Gasteiger partial charge is 0.148 e. The van der Waals surface area contributed by atoms with Crippen LogP contribution < -0.4 is 15.2 Å². The van der Waals surface area contributed by atoms with E-state index >= 15 is 0 Å². The largest absolute Gasteiger partial charge is 0.496 e. The van der Waals surface area contributed by atoms with Gasteiger partial charge in [-0.05, 0) is 25.0 Å². The van der Waals surface area contributed by atoms with E-state index in [4.69, 9.17) is 20.3 Å². The highest BCUT2D eigenvalue weighted by Gasteiger charge is 2.12. The second kappa shape index (κ2) is 5.46. The number of nitrogen functional groups attached to an aromatic ring is 1. The molecule has 0 aliphatic carbocycles. The average Bonchev–Trinajstić information content (AvgIpc) is 2.26. The first-order valence-corrected chi connectivity index (χ1v) is 4.84. The van der Waals surface area contributed by atoms with E-state index in [0.29, 0.717) is 24.3 Å². The van der Waals surface area contributed by atoms with Crippen molar-refractivity contribution in [2.24, 2.45) is 0 Å². The molecule has 15 heavy (non-hydrogen) atoms. The van der Waals surface area contributed by atoms with E-state index in [1.807, 2.05) is 6.07 Å². The van der Waals surface area contributed by atoms with E-state index in [-0.39, 0.29) is 6.61 Å². The van der Waals surface area contributed by atoms with E-state index in [2.05, 4.69) is 0 Å². The SMILES string of the molecule is COc1ccc(N)c(OC)c1CCCO. The molecular formula is C11H17NO3. The predicted molar refractivity (Wildman–Crippen MR) is 59.4 cm³/mol. The highest BCUT2D eigenvalue weighted by Crippen LogP contribution is 2.34. The number of rotatable bonds is 5. The van der Waals surface area contributed by atoms with Crippen LogP contribution in [-0.4, -0.2) is 25.9 Å². The van der Waals surface area contributed by atoms with Gasteiger partial charge >= 0.3 is 0 Å². The second-order valence-corrected chi connectivity index (χ2v) is 3.20. The highest BCUT2D eigenvalue weighted by molar-refractivity contribution is 5.61. The van der Waals surface area contributed by atoms with Gasteiger partial charge in [0.25, 0.3) is 0 Å². The van der Waals surface area contributed by atoms with Crippen LogP contribution in [0.2, 0.25) is 0 Å². The van der Waals surface area contributed by atoms with Crippen LogP contribution in [0, 0.1) is 0 Å². The number of ether oxygens (including phenoxy) is 2. The summed E-state index contributed by atoms with van der Waals surface area (Å²) in [5.41, 5.74) is 7.28. The van der Waals surface area contributed by atoms with Crippen LogP contribution >= 0.6 is 0 Å². The molecule has 1 rings (SSSR count). The van der Waals surface area contributed by atoms with E-state index in [1.54, 1.807) is 20.3 Å². The summed E-state index contributed by atoms with van der Waals surface area (Å²) in [4.78, 5) is 0. The molecule has 0 aliphatic rings. The lowest BCUT2D eigenvalue weighted by molar-refractivity contribution is 0.286. The molecule has 0 spiro atoms. The van der Waals surface area contributed by atoms with Crippen LogP contribution in [0.1, 0.15) is 12.0 Å². The molecule has 0 aromatic heterocycles. The topological polar surface area (TPSA) is 64.7 Å². The molecule has 0 unspecified atom stereocenters. The van der Waals surface area contributed by atoms with E-state index < -0.39 is 0 Å². The molecule has 1 aromatic rings. The average molecular weight is 211 g/mol. The third-order valence-corrected chi connectivity index (χ3v) is 2.26. The van der Waals surface area contributed by atoms with Gasteiger partial charge in [0.15, 0.2) is 0 Å². The zero-order chi connectivity index (χ0) is 11.3. The van der Waals surface area contributed by atoms with Crippen molar-refractivity contribution in [1.82, 2.24) is 0 Å². The summed E-state index contributed by atoms with van der Waals surface area (Å²) in [7, 11) is 3.18. The predicted octanol–water partition coefficient (Wildman–Crippen LogP) is 1.21. The molecule has 0 saturated heterocycles. The van der Waals surface area contributed by atoms with Crippen molar-refractivity contribution < 1.29 is 14.6 Å². The van der Waals surface area contributed by atoms with Crippen molar-refractivity contribution in [3.8, 4) is 11.5 Å². The molecule has 4 heteroatoms. The Bertz CT molecular complexity index is 326. The zero-order valence-corrected chi connectivity index (χ0v) is 9.12. The molecule has 0 atom stereocenters. The molecule has 1 aromatic carbocycles. The summed E-state index contributed by atoms with van der Waals surface area (Å²) < 4.78 is 10.5. The molecule has 84 valence electrons. The van der Waals surface area contributed by atoms with Crippen molar-refractivity contribution in [3.63, 3.8) is 0 Å². The van der Waals surface area contributed by atoms with E-state index in [9.17, 15) is 0 Å². The van der Waals surface area contributed by atoms with Crippen molar-refractivity contribution in [1.29, 1.82) is 0 Å². The summed E-state index contributed by atoms with van der Waals surface area (Å²) >= 11 is 0. The minimum atomic E-state index is 0.140. The number of benzene rings is 1. The van der Waals surface area contributed by atoms with Gasteiger partial charge < -0.3 is 20.3 Å². The minimum Gasteiger partial charge on any atom is -0.496 e. The molecule has 3 N–H and O–H groups in total. The fraction of sp³-hybridized carbons (Fsp3) is 0.455. The number of nitrogens with two attached hydrogens (primary N) is 1. The second-order valence-electron chi connectivity index (χ2n) is 3.20. The monoisotopic (exact) mass is 211 g/mol. The van der Waals surface area contributed by atoms with Crippen LogP contribution in [0.3, 0.4) is 0 Å². The summed E-state index contributed by atoms with van der Waals surface area (Å²) in [6.45, 7) is 0.140. The molecule has 0 fully saturated rings. The van der Waals surface area contributed by atoms with Gasteiger partial charge in [0.05, 0.1) is 19.9 Å². The van der Waals surface area contributed by atoms with Crippen molar-refractivity contribution in [2.45, 2.75) is 12.8 Å². The lowest BCUT2D eigenvalue weighted by Crippen LogP contribution is -2.01. The lowest BCUT2D eigenvalue weighted by atomic mass is 10.1. The standard InChI is InChI=1S/C11H17NO3/c1-14-10-6-5-9(12)11(15-2)8(10)4-3-7-13/h5-6,13H,3-4,7,12H2,1-2H3. The van der Waals surface area contributed by atoms with Gasteiger partial charge in [-0.3, -0.25) is 0 Å². The Kier molecular flexibility index (Phi) is 4.24. The Morgan fingerprint density at radius 1 is 1.27 bits per heavy atom. The maximum atomic E-state index is 8.81. The molecule has 0 bridgehead atoms. The van der Waals surface area contributed by atoms with Gasteiger partial charge in [-0.2, -0.15) is 0 Å². The molecule has 4 nitrogen and oxygen atoms in total. The molecule has 0 saturated carbocycles. The Balaban J connectivity index is 3.09. The third-order valence-electron chi connectivity index (χ3n) is 2.26. The number of hydrogen-bond donors (Lipinski definition) is 2. The third kappa shape index (κ3) is 2.53. The van der Waals surface area contributed by atoms with Crippen LogP contribution in [0.15, 0.2) is 12.1 Å². The Morgan fingerprint density at radius 2 is 2.00 bits per heavy atom. The first-order chi connectivity index (χ1) is 7.24. The zero-order valence-electron chi connectivity index (χ0n) is 9.12. The minimum absolute atomic E-state index is 0.140. The summed E-state index contributed by atoms with van der Waals surface area (Å²) in [6.07, 6.45) is 1.35. The van der Waals surface area contributed by atoms with Gasteiger partial charge in [0, 0.05) is 12.2 Å². The molecule has 0 amide bonds. The van der Waals surface area contributed by atoms with Gasteiger partial charge in [-0.25, -0.2) is 0 Å². The summed E-state index contributed by atoms with van der Waals surface area (Å²) in [5.74, 6) is 1.39. The van der Waals surface area contributed by atoms with Gasteiger partial charge in [-0.1, -0.05) is 0 Å². The fourth-order valence-electron chi connectivity index (χ4n) is 1.55. The van der Waals surface area contributed by atoms with Gasteiger partial charge in [0.1, 0.15) is 11.5 Å². The van der Waals surface area contributed by atoms with Crippen molar-refractivity contribution in [3.05, 3.63) is 17.7 Å². The first kappa shape index (κ1) is 11.7. The number of aliphatic hydroxyl groups excluding tert-OH is 1. The van der Waals surface area contributed by atoms with Gasteiger partial charge in [0.2, 0.25) is 0 Å². The summed E-state index contributed by atoms with van der Waals surface area (Å²) in [6, 6.07) is 3.56. The van der Waals surface area contributed by atoms with Crippen LogP contribution in [0.25, 0.3) is 0 Å². The number of hydrogen-bond acceptors (Lipinski definition) is 4. The fourth-order valence-corrected chi connectivity index (χ4v) is 1.55. The molecule has 0 heterocycles. The van der Waals surface area contributed by atoms with Crippen molar-refractivity contribution >= 4 is 5.69 Å². The Labute approximate surface area is 89.6 Å². The van der Waals surface area contributed by atoms with E-state index in [1.165, 1.54) is 0 Å². The van der Waals surface area contributed by atoms with Crippen molar-refractivity contribution in [2.75, 3.05) is 26.6 Å². The number of methoxy groups -OCH3 is 2. The quantitative estimate of drug-likeness (QED) is 0.718. The molecule has 0 radical (unpaired) electrons. The number of anilines is 1. The van der Waals surface area contributed by atoms with Crippen LogP contribution in [0.5, 0.6) is 11.5 Å². The Hall–Kier alpha value is -1.42. The maximum Gasteiger partial charge on any atom is 0.148 e. The summed E-state index contributed by atoms with van der Waals surface area (Å²) in [5, 5.41) is 8.81.